The van der Waals surface area contributed by atoms with Crippen molar-refractivity contribution in [2.24, 2.45) is 0 Å². The van der Waals surface area contributed by atoms with Crippen LogP contribution >= 0.6 is 0 Å². The van der Waals surface area contributed by atoms with Gasteiger partial charge in [-0.25, -0.2) is 4.98 Å². The fourth-order valence-electron chi connectivity index (χ4n) is 7.05. The van der Waals surface area contributed by atoms with Gasteiger partial charge in [-0.3, -0.25) is 4.98 Å². The molecular formula is C49H44IrN4OSi-2. The number of hydrogen-bond donors (Lipinski definition) is 0. The van der Waals surface area contributed by atoms with Gasteiger partial charge in [0.1, 0.15) is 0 Å². The third-order valence-corrected chi connectivity index (χ3v) is 11.8. The molecule has 281 valence electrons. The quantitative estimate of drug-likeness (QED) is 0.123. The van der Waals surface area contributed by atoms with Gasteiger partial charge in [0.2, 0.25) is 5.71 Å². The molecule has 9 rings (SSSR count). The number of rotatable bonds is 6. The van der Waals surface area contributed by atoms with Crippen molar-refractivity contribution in [1.82, 2.24) is 19.5 Å². The Morgan fingerprint density at radius 3 is 2.34 bits per heavy atom. The first kappa shape index (κ1) is 33.8. The molecule has 0 amide bonds. The standard InChI is InChI=1S/C31H20N3O.C18H24NSi.Ir/c1-20-18-19-24-23-13-9-14-25(29(23)35-31(24)32-20)30-33-26-15-6-8-17-28(26)34(30)27-16-7-5-12-22(27)21-10-3-2-4-11-21;1-13(2)16-11-17(15-9-7-14(3)8-10-15)19-12-18(16)20(4,5)6;/h2-13,15-19H,1H3;7-9,11-13H,1-6H3;/q2*-1;/i;3D3,13D;. The minimum Gasteiger partial charge on any atom is -0.486 e. The third-order valence-electron chi connectivity index (χ3n) is 9.79. The van der Waals surface area contributed by atoms with Crippen LogP contribution in [0.1, 0.15) is 42.0 Å². The summed E-state index contributed by atoms with van der Waals surface area (Å²) in [6.07, 6.45) is 1.89. The number of aromatic nitrogens is 4. The van der Waals surface area contributed by atoms with Crippen LogP contribution in [0.2, 0.25) is 19.6 Å². The van der Waals surface area contributed by atoms with Gasteiger partial charge in [0.15, 0.2) is 0 Å². The van der Waals surface area contributed by atoms with Crippen molar-refractivity contribution >= 4 is 46.4 Å². The van der Waals surface area contributed by atoms with Crippen molar-refractivity contribution in [1.29, 1.82) is 0 Å². The molecule has 0 atom stereocenters. The number of fused-ring (bicyclic) bond motifs is 4. The van der Waals surface area contributed by atoms with Gasteiger partial charge >= 0.3 is 0 Å². The Kier molecular flexibility index (Phi) is 9.64. The van der Waals surface area contributed by atoms with Crippen LogP contribution in [-0.4, -0.2) is 27.6 Å². The number of pyridine rings is 2. The van der Waals surface area contributed by atoms with Gasteiger partial charge in [-0.1, -0.05) is 124 Å². The van der Waals surface area contributed by atoms with Gasteiger partial charge < -0.3 is 14.0 Å². The molecule has 9 aromatic rings. The molecule has 0 fully saturated rings. The number of benzene rings is 5. The van der Waals surface area contributed by atoms with E-state index in [4.69, 9.17) is 14.9 Å². The second-order valence-electron chi connectivity index (χ2n) is 15.0. The number of hydrogen-bond acceptors (Lipinski definition) is 4. The normalized spacial score (nSPS) is 13.0. The summed E-state index contributed by atoms with van der Waals surface area (Å²) < 4.78 is 39.3. The summed E-state index contributed by atoms with van der Waals surface area (Å²) in [5.74, 6) is 0.0716. The molecule has 1 radical (unpaired) electrons. The van der Waals surface area contributed by atoms with E-state index in [-0.39, 0.29) is 25.7 Å². The molecule has 0 aliphatic carbocycles. The summed E-state index contributed by atoms with van der Waals surface area (Å²) in [7, 11) is -1.61. The topological polar surface area (TPSA) is 56.7 Å². The average Bonchev–Trinajstić information content (AvgIpc) is 3.78. The summed E-state index contributed by atoms with van der Waals surface area (Å²) in [6, 6.07) is 48.4. The predicted octanol–water partition coefficient (Wildman–Crippen LogP) is 12.3. The molecule has 0 saturated heterocycles. The van der Waals surface area contributed by atoms with Gasteiger partial charge in [-0.05, 0) is 59.6 Å². The minimum atomic E-state index is -2.13. The molecule has 0 aliphatic heterocycles. The SMILES string of the molecule is Cc1ccc2c(n1)oc1c(-c3nc4ccccc4n3-c3ccccc3-c3ccccc3)[c-]ccc12.[2H]C([2H])([2H])c1c[c-]c(-c2cc(C([2H])(C)C)c([Si](C)(C)C)cn2)cc1.[Ir]. The van der Waals surface area contributed by atoms with Gasteiger partial charge in [-0.2, -0.15) is 0 Å². The largest absolute Gasteiger partial charge is 0.486 e. The Hall–Kier alpha value is -5.46. The van der Waals surface area contributed by atoms with Gasteiger partial charge in [-0.15, -0.1) is 53.6 Å². The second kappa shape index (κ2) is 15.9. The van der Waals surface area contributed by atoms with Crippen LogP contribution in [-0.2, 0) is 20.1 Å². The van der Waals surface area contributed by atoms with E-state index in [9.17, 15) is 0 Å². The van der Waals surface area contributed by atoms with E-state index in [0.29, 0.717) is 5.71 Å². The zero-order valence-corrected chi connectivity index (χ0v) is 35.6. The van der Waals surface area contributed by atoms with E-state index >= 15 is 0 Å². The van der Waals surface area contributed by atoms with Crippen LogP contribution in [0.4, 0.5) is 0 Å². The summed E-state index contributed by atoms with van der Waals surface area (Å²) in [5.41, 5.74) is 11.1. The number of furan rings is 1. The van der Waals surface area contributed by atoms with Crippen molar-refractivity contribution in [3.8, 4) is 39.5 Å². The summed E-state index contributed by atoms with van der Waals surface area (Å²) in [5, 5.41) is 3.19. The monoisotopic (exact) mass is 929 g/mol. The molecule has 0 unspecified atom stereocenters. The third kappa shape index (κ3) is 7.55. The zero-order chi connectivity index (χ0) is 41.7. The molecule has 4 aromatic heterocycles. The van der Waals surface area contributed by atoms with Gasteiger partial charge in [0.25, 0.3) is 0 Å². The van der Waals surface area contributed by atoms with E-state index in [0.717, 1.165) is 78.1 Å². The summed E-state index contributed by atoms with van der Waals surface area (Å²) in [4.78, 5) is 14.3. The summed E-state index contributed by atoms with van der Waals surface area (Å²) >= 11 is 0. The molecule has 0 N–H and O–H groups in total. The van der Waals surface area contributed by atoms with E-state index in [1.807, 2.05) is 75.5 Å². The molecule has 56 heavy (non-hydrogen) atoms. The first-order valence-electron chi connectivity index (χ1n) is 20.4. The van der Waals surface area contributed by atoms with Crippen molar-refractivity contribution < 1.29 is 30.0 Å². The fourth-order valence-corrected chi connectivity index (χ4v) is 8.63. The molecule has 5 aromatic carbocycles. The second-order valence-corrected chi connectivity index (χ2v) is 20.0. The smallest absolute Gasteiger partial charge is 0.216 e. The van der Waals surface area contributed by atoms with E-state index < -0.39 is 20.8 Å². The Balaban J connectivity index is 0.000000193. The molecular weight excluding hydrogens is 881 g/mol. The molecule has 4 heterocycles. The molecule has 5 nitrogen and oxygen atoms in total. The molecule has 0 saturated carbocycles. The van der Waals surface area contributed by atoms with Crippen LogP contribution < -0.4 is 5.19 Å². The molecule has 0 spiro atoms. The molecule has 0 bridgehead atoms. The number of aryl methyl sites for hydroxylation is 2. The Bertz CT molecular complexity index is 2970. The fraction of sp³-hybridized carbons (Fsp3) is 0.163. The number of imidazole rings is 1. The first-order chi connectivity index (χ1) is 28.1. The maximum Gasteiger partial charge on any atom is 0.216 e. The predicted molar refractivity (Wildman–Crippen MR) is 231 cm³/mol. The maximum atomic E-state index is 8.48. The molecule has 0 aliphatic rings. The van der Waals surface area contributed by atoms with E-state index in [1.54, 1.807) is 12.1 Å². The molecule has 7 heteroatoms. The van der Waals surface area contributed by atoms with Crippen molar-refractivity contribution in [2.75, 3.05) is 0 Å². The van der Waals surface area contributed by atoms with Crippen molar-refractivity contribution in [3.05, 3.63) is 163 Å². The summed E-state index contributed by atoms with van der Waals surface area (Å²) in [6.45, 7) is 10.4. The minimum absolute atomic E-state index is 0. The van der Waals surface area contributed by atoms with Crippen LogP contribution in [0.5, 0.6) is 0 Å². The van der Waals surface area contributed by atoms with Crippen LogP contribution in [0.3, 0.4) is 0 Å². The Morgan fingerprint density at radius 1 is 0.821 bits per heavy atom. The van der Waals surface area contributed by atoms with Gasteiger partial charge in [0, 0.05) is 54.1 Å². The van der Waals surface area contributed by atoms with Crippen LogP contribution in [0.25, 0.3) is 72.6 Å². The Morgan fingerprint density at radius 2 is 1.59 bits per heavy atom. The number of nitrogens with zero attached hydrogens (tertiary/aromatic N) is 4. The zero-order valence-electron chi connectivity index (χ0n) is 36.2. The Labute approximate surface area is 349 Å². The van der Waals surface area contributed by atoms with Gasteiger partial charge in [0.05, 0.1) is 30.5 Å². The van der Waals surface area contributed by atoms with E-state index in [1.165, 1.54) is 11.3 Å². The number of para-hydroxylation sites is 3. The average molecular weight is 929 g/mol. The van der Waals surface area contributed by atoms with Crippen molar-refractivity contribution in [2.45, 2.75) is 53.2 Å². The van der Waals surface area contributed by atoms with E-state index in [2.05, 4.69) is 107 Å². The maximum absolute atomic E-state index is 8.48. The van der Waals surface area contributed by atoms with Crippen molar-refractivity contribution in [3.63, 3.8) is 0 Å². The first-order valence-corrected chi connectivity index (χ1v) is 21.9. The van der Waals surface area contributed by atoms with Crippen LogP contribution in [0, 0.1) is 25.9 Å². The van der Waals surface area contributed by atoms with Crippen LogP contribution in [0.15, 0.2) is 138 Å².